The van der Waals surface area contributed by atoms with Gasteiger partial charge in [-0.15, -0.1) is 0 Å². The minimum Gasteiger partial charge on any atom is -0.381 e. The molecule has 2 aliphatic heterocycles. The Hall–Kier alpha value is -4.21. The first-order valence-corrected chi connectivity index (χ1v) is 14.6. The largest absolute Gasteiger partial charge is 0.416 e. The van der Waals surface area contributed by atoms with Crippen molar-refractivity contribution in [3.63, 3.8) is 0 Å². The van der Waals surface area contributed by atoms with E-state index < -0.39 is 28.6 Å². The Kier molecular flexibility index (Phi) is 9.44. The number of benzene rings is 3. The minimum absolute atomic E-state index is 0.0325. The summed E-state index contributed by atoms with van der Waals surface area (Å²) in [5.74, 6) is -0.811. The molecule has 0 fully saturated rings. The maximum Gasteiger partial charge on any atom is 0.416 e. The van der Waals surface area contributed by atoms with Gasteiger partial charge in [0.25, 0.3) is 0 Å². The standard InChI is InChI=1S/C26H25B2F5N4.C8H9F/c1-7-36-15(4)37(25(6,28)24(5,27)30)21-11-20(19-12-34-14(3)22(19)23(21)36)35-13(2)16-8-17(26(31,32)33)10-18(29)9-16;1-2-7-3-5-8(9)6-4-7/h8-11,34-35H,2-4,7,12H2,1,5-6H3;3-6H,2H2,1H3. The number of fused-ring (bicyclic) bond motifs is 3. The third kappa shape index (κ3) is 6.52. The van der Waals surface area contributed by atoms with Gasteiger partial charge in [-0.3, -0.25) is 4.39 Å². The summed E-state index contributed by atoms with van der Waals surface area (Å²) < 4.78 is 81.2. The lowest BCUT2D eigenvalue weighted by atomic mass is 9.58. The van der Waals surface area contributed by atoms with Crippen molar-refractivity contribution in [2.75, 3.05) is 21.7 Å². The van der Waals surface area contributed by atoms with Gasteiger partial charge in [-0.2, -0.15) is 13.2 Å². The Bertz CT molecular complexity index is 1680. The summed E-state index contributed by atoms with van der Waals surface area (Å²) in [6.45, 7) is 19.4. The zero-order chi connectivity index (χ0) is 34.4. The van der Waals surface area contributed by atoms with Crippen LogP contribution >= 0.6 is 0 Å². The second kappa shape index (κ2) is 12.5. The molecule has 0 amide bonds. The molecule has 46 heavy (non-hydrogen) atoms. The predicted octanol–water partition coefficient (Wildman–Crippen LogP) is 8.25. The van der Waals surface area contributed by atoms with Gasteiger partial charge in [0.2, 0.25) is 0 Å². The van der Waals surface area contributed by atoms with Crippen molar-refractivity contribution in [2.24, 2.45) is 0 Å². The first-order valence-electron chi connectivity index (χ1n) is 14.6. The quantitative estimate of drug-likeness (QED) is 0.203. The topological polar surface area (TPSA) is 30.5 Å². The van der Waals surface area contributed by atoms with Gasteiger partial charge < -0.3 is 20.4 Å². The van der Waals surface area contributed by atoms with Crippen LogP contribution in [0.5, 0.6) is 0 Å². The number of nitrogens with zero attached hydrogens (tertiary/aromatic N) is 2. The highest BCUT2D eigenvalue weighted by atomic mass is 19.4. The lowest BCUT2D eigenvalue weighted by Crippen LogP contribution is -2.60. The summed E-state index contributed by atoms with van der Waals surface area (Å²) >= 11 is 0. The van der Waals surface area contributed by atoms with Crippen LogP contribution in [0, 0.1) is 11.6 Å². The molecular weight excluding hydrogens is 600 g/mol. The number of alkyl halides is 4. The molecule has 2 N–H and O–H groups in total. The van der Waals surface area contributed by atoms with Crippen LogP contribution in [0.1, 0.15) is 55.5 Å². The molecule has 12 heteroatoms. The second-order valence-corrected chi connectivity index (χ2v) is 11.5. The average molecular weight is 634 g/mol. The molecule has 0 saturated heterocycles. The van der Waals surface area contributed by atoms with Gasteiger partial charge in [0.1, 0.15) is 33.1 Å². The van der Waals surface area contributed by atoms with E-state index in [1.165, 1.54) is 29.5 Å². The van der Waals surface area contributed by atoms with Crippen molar-refractivity contribution in [1.29, 1.82) is 0 Å². The third-order valence-corrected chi connectivity index (χ3v) is 8.20. The van der Waals surface area contributed by atoms with E-state index in [1.807, 2.05) is 18.7 Å². The van der Waals surface area contributed by atoms with E-state index in [0.29, 0.717) is 53.3 Å². The fourth-order valence-electron chi connectivity index (χ4n) is 5.39. The molecule has 4 radical (unpaired) electrons. The highest BCUT2D eigenvalue weighted by Gasteiger charge is 2.48. The highest BCUT2D eigenvalue weighted by Crippen LogP contribution is 2.53. The summed E-state index contributed by atoms with van der Waals surface area (Å²) in [5.41, 5.74) is -0.418. The van der Waals surface area contributed by atoms with Gasteiger partial charge in [0.15, 0.2) is 0 Å². The fraction of sp³-hybridized carbons (Fsp3) is 0.294. The van der Waals surface area contributed by atoms with Gasteiger partial charge in [-0.25, -0.2) is 8.78 Å². The zero-order valence-corrected chi connectivity index (χ0v) is 26.2. The Labute approximate surface area is 268 Å². The number of nitrogens with one attached hydrogen (secondary N) is 2. The molecule has 3 aromatic carbocycles. The number of hydrogen-bond acceptors (Lipinski definition) is 4. The molecule has 2 heterocycles. The van der Waals surface area contributed by atoms with Crippen molar-refractivity contribution >= 4 is 44.1 Å². The molecule has 0 saturated carbocycles. The van der Waals surface area contributed by atoms with E-state index in [-0.39, 0.29) is 17.1 Å². The van der Waals surface area contributed by atoms with E-state index in [2.05, 4.69) is 30.4 Å². The first kappa shape index (κ1) is 34.7. The van der Waals surface area contributed by atoms with Crippen molar-refractivity contribution < 1.29 is 26.3 Å². The lowest BCUT2D eigenvalue weighted by molar-refractivity contribution is -0.137. The van der Waals surface area contributed by atoms with Gasteiger partial charge in [-0.05, 0) is 69.2 Å². The fourth-order valence-corrected chi connectivity index (χ4v) is 5.39. The number of halogens is 6. The van der Waals surface area contributed by atoms with Gasteiger partial charge in [-0.1, -0.05) is 38.8 Å². The van der Waals surface area contributed by atoms with Crippen LogP contribution < -0.4 is 20.4 Å². The molecular formula is C34H34B2F6N4. The minimum atomic E-state index is -4.73. The Morgan fingerprint density at radius 1 is 0.957 bits per heavy atom. The Morgan fingerprint density at radius 3 is 2.13 bits per heavy atom. The maximum atomic E-state index is 15.1. The van der Waals surface area contributed by atoms with Gasteiger partial charge in [0, 0.05) is 52.3 Å². The summed E-state index contributed by atoms with van der Waals surface area (Å²) in [4.78, 5) is 3.36. The van der Waals surface area contributed by atoms with E-state index in [1.54, 1.807) is 18.2 Å². The molecule has 5 rings (SSSR count). The highest BCUT2D eigenvalue weighted by molar-refractivity contribution is 6.28. The first-order chi connectivity index (χ1) is 21.3. The SMILES string of the molecule is CCc1ccc(F)cc1.[B]C(C)(F)C([B])(C)N1C(=C)N(CC)c2c1cc(NC(=C)c1cc(F)cc(C(F)(F)F)c1)c1c2C(=C)NC1. The molecule has 3 aromatic rings. The van der Waals surface area contributed by atoms with Crippen LogP contribution in [0.25, 0.3) is 11.4 Å². The van der Waals surface area contributed by atoms with Crippen LogP contribution in [0.15, 0.2) is 74.1 Å². The van der Waals surface area contributed by atoms with Crippen molar-refractivity contribution in [3.05, 3.63) is 114 Å². The number of aryl methyl sites for hydroxylation is 1. The van der Waals surface area contributed by atoms with Gasteiger partial charge >= 0.3 is 6.18 Å². The Morgan fingerprint density at radius 2 is 1.59 bits per heavy atom. The predicted molar refractivity (Wildman–Crippen MR) is 176 cm³/mol. The molecule has 2 aliphatic rings. The lowest BCUT2D eigenvalue weighted by Gasteiger charge is -2.46. The molecule has 0 aromatic heterocycles. The summed E-state index contributed by atoms with van der Waals surface area (Å²) in [7, 11) is 12.2. The Balaban J connectivity index is 0.000000459. The molecule has 238 valence electrons. The monoisotopic (exact) mass is 634 g/mol. The van der Waals surface area contributed by atoms with E-state index in [9.17, 15) is 22.0 Å². The van der Waals surface area contributed by atoms with Crippen molar-refractivity contribution in [2.45, 2.75) is 57.8 Å². The average Bonchev–Trinajstić information content (AvgIpc) is 3.48. The van der Waals surface area contributed by atoms with Crippen molar-refractivity contribution in [1.82, 2.24) is 5.32 Å². The smallest absolute Gasteiger partial charge is 0.381 e. The maximum absolute atomic E-state index is 15.1. The summed E-state index contributed by atoms with van der Waals surface area (Å²) in [5, 5.41) is 6.19. The summed E-state index contributed by atoms with van der Waals surface area (Å²) in [6, 6.07) is 10.4. The third-order valence-electron chi connectivity index (χ3n) is 8.20. The zero-order valence-electron chi connectivity index (χ0n) is 26.2. The molecule has 2 atom stereocenters. The van der Waals surface area contributed by atoms with Crippen LogP contribution in [0.2, 0.25) is 0 Å². The van der Waals surface area contributed by atoms with E-state index in [4.69, 9.17) is 15.7 Å². The van der Waals surface area contributed by atoms with Crippen LogP contribution in [-0.2, 0) is 19.1 Å². The molecule has 0 spiro atoms. The van der Waals surface area contributed by atoms with Crippen molar-refractivity contribution in [3.8, 4) is 0 Å². The molecule has 4 nitrogen and oxygen atoms in total. The number of hydrogen-bond donors (Lipinski definition) is 2. The van der Waals surface area contributed by atoms with E-state index >= 15 is 4.39 Å². The van der Waals surface area contributed by atoms with Crippen LogP contribution in [-0.4, -0.2) is 33.2 Å². The molecule has 2 unspecified atom stereocenters. The van der Waals surface area contributed by atoms with E-state index in [0.717, 1.165) is 31.0 Å². The molecule has 0 aliphatic carbocycles. The van der Waals surface area contributed by atoms with Crippen LogP contribution in [0.3, 0.4) is 0 Å². The van der Waals surface area contributed by atoms with Crippen LogP contribution in [0.4, 0.5) is 43.4 Å². The number of rotatable bonds is 7. The number of anilines is 3. The second-order valence-electron chi connectivity index (χ2n) is 11.5. The van der Waals surface area contributed by atoms with Gasteiger partial charge in [0.05, 0.1) is 22.5 Å². The summed E-state index contributed by atoms with van der Waals surface area (Å²) in [6.07, 6.45) is -3.76. The normalized spacial score (nSPS) is 16.5. The molecule has 0 bridgehead atoms.